The Morgan fingerprint density at radius 3 is 2.48 bits per heavy atom. The number of nitrogens with one attached hydrogen (secondary N) is 1. The Balaban J connectivity index is 1.68. The number of rotatable bonds is 6. The second-order valence-corrected chi connectivity index (χ2v) is 6.94. The van der Waals surface area contributed by atoms with Gasteiger partial charge in [0.25, 0.3) is 0 Å². The maximum atomic E-state index is 12.6. The first-order valence-corrected chi connectivity index (χ1v) is 9.62. The summed E-state index contributed by atoms with van der Waals surface area (Å²) in [5, 5.41) is 3.71. The van der Waals surface area contributed by atoms with Gasteiger partial charge in [0, 0.05) is 50.2 Å². The number of amides is 2. The fraction of sp³-hybridized carbons (Fsp3) is 0.286. The number of anilines is 1. The van der Waals surface area contributed by atoms with E-state index in [1.54, 1.807) is 35.4 Å². The fourth-order valence-electron chi connectivity index (χ4n) is 3.20. The summed E-state index contributed by atoms with van der Waals surface area (Å²) in [5.41, 5.74) is 2.42. The average Bonchev–Trinajstić information content (AvgIpc) is 2.77. The van der Waals surface area contributed by atoms with E-state index < -0.39 is 0 Å². The zero-order chi connectivity index (χ0) is 20.8. The molecule has 1 fully saturated rings. The summed E-state index contributed by atoms with van der Waals surface area (Å²) in [6.07, 6.45) is 4.69. The molecule has 8 heteroatoms. The number of piperazine rings is 1. The SMILES string of the molecule is C=CC(=O)N1CCN(C(=O)CNc2cc(-c3ccncc3)c(Cl)cc2OC)CC1. The lowest BCUT2D eigenvalue weighted by molar-refractivity contribution is -0.135. The Morgan fingerprint density at radius 1 is 1.21 bits per heavy atom. The number of carbonyl (C=O) groups excluding carboxylic acids is 2. The lowest BCUT2D eigenvalue weighted by Gasteiger charge is -2.34. The van der Waals surface area contributed by atoms with Crippen LogP contribution in [0.15, 0.2) is 49.3 Å². The minimum Gasteiger partial charge on any atom is -0.495 e. The number of hydrogen-bond donors (Lipinski definition) is 1. The zero-order valence-electron chi connectivity index (χ0n) is 16.2. The molecule has 0 atom stereocenters. The predicted molar refractivity (Wildman–Crippen MR) is 113 cm³/mol. The summed E-state index contributed by atoms with van der Waals surface area (Å²) in [5.74, 6) is 0.407. The third kappa shape index (κ3) is 4.86. The van der Waals surface area contributed by atoms with E-state index >= 15 is 0 Å². The van der Waals surface area contributed by atoms with E-state index in [1.165, 1.54) is 6.08 Å². The van der Waals surface area contributed by atoms with Crippen molar-refractivity contribution in [3.05, 3.63) is 54.3 Å². The third-order valence-electron chi connectivity index (χ3n) is 4.83. The van der Waals surface area contributed by atoms with Gasteiger partial charge in [0.1, 0.15) is 5.75 Å². The highest BCUT2D eigenvalue weighted by Gasteiger charge is 2.23. The van der Waals surface area contributed by atoms with Crippen molar-refractivity contribution < 1.29 is 14.3 Å². The van der Waals surface area contributed by atoms with E-state index in [4.69, 9.17) is 16.3 Å². The van der Waals surface area contributed by atoms with Crippen LogP contribution in [0.3, 0.4) is 0 Å². The maximum absolute atomic E-state index is 12.6. The molecule has 152 valence electrons. The maximum Gasteiger partial charge on any atom is 0.246 e. The van der Waals surface area contributed by atoms with Crippen LogP contribution in [0.1, 0.15) is 0 Å². The first-order valence-electron chi connectivity index (χ1n) is 9.24. The van der Waals surface area contributed by atoms with Gasteiger partial charge in [-0.1, -0.05) is 18.2 Å². The molecule has 0 spiro atoms. The highest BCUT2D eigenvalue weighted by molar-refractivity contribution is 6.33. The number of halogens is 1. The summed E-state index contributed by atoms with van der Waals surface area (Å²) in [4.78, 5) is 31.7. The molecule has 1 N–H and O–H groups in total. The minimum atomic E-state index is -0.107. The lowest BCUT2D eigenvalue weighted by Crippen LogP contribution is -2.51. The van der Waals surface area contributed by atoms with Crippen LogP contribution >= 0.6 is 11.6 Å². The Hall–Kier alpha value is -3.06. The van der Waals surface area contributed by atoms with Gasteiger partial charge >= 0.3 is 0 Å². The monoisotopic (exact) mass is 414 g/mol. The van der Waals surface area contributed by atoms with Gasteiger partial charge in [-0.2, -0.15) is 0 Å². The normalized spacial score (nSPS) is 13.7. The first-order chi connectivity index (χ1) is 14.0. The molecule has 2 aromatic rings. The minimum absolute atomic E-state index is 0.0434. The van der Waals surface area contributed by atoms with Crippen molar-refractivity contribution in [1.29, 1.82) is 0 Å². The number of ether oxygens (including phenoxy) is 1. The molecule has 2 heterocycles. The molecule has 1 aliphatic heterocycles. The summed E-state index contributed by atoms with van der Waals surface area (Å²) in [7, 11) is 1.56. The van der Waals surface area contributed by atoms with Crippen LogP contribution in [0.25, 0.3) is 11.1 Å². The van der Waals surface area contributed by atoms with Gasteiger partial charge in [0.05, 0.1) is 24.4 Å². The summed E-state index contributed by atoms with van der Waals surface area (Å²) >= 11 is 6.41. The first kappa shape index (κ1) is 20.7. The highest BCUT2D eigenvalue weighted by atomic mass is 35.5. The fourth-order valence-corrected chi connectivity index (χ4v) is 3.47. The molecule has 1 aromatic carbocycles. The van der Waals surface area contributed by atoms with E-state index in [0.29, 0.717) is 42.6 Å². The van der Waals surface area contributed by atoms with Crippen molar-refractivity contribution in [2.75, 3.05) is 45.2 Å². The van der Waals surface area contributed by atoms with Crippen LogP contribution in [-0.2, 0) is 9.59 Å². The second kappa shape index (κ2) is 9.43. The van der Waals surface area contributed by atoms with E-state index in [9.17, 15) is 9.59 Å². The van der Waals surface area contributed by atoms with Gasteiger partial charge in [-0.3, -0.25) is 14.6 Å². The van der Waals surface area contributed by atoms with Crippen molar-refractivity contribution in [2.24, 2.45) is 0 Å². The quantitative estimate of drug-likeness (QED) is 0.735. The van der Waals surface area contributed by atoms with Crippen LogP contribution in [0, 0.1) is 0 Å². The number of pyridine rings is 1. The number of nitrogens with zero attached hydrogens (tertiary/aromatic N) is 3. The molecular weight excluding hydrogens is 392 g/mol. The summed E-state index contributed by atoms with van der Waals surface area (Å²) < 4.78 is 5.41. The number of aromatic nitrogens is 1. The standard InChI is InChI=1S/C21H23ClN4O3/c1-3-20(27)25-8-10-26(11-9-25)21(28)14-24-18-12-16(15-4-6-23-7-5-15)17(22)13-19(18)29-2/h3-7,12-13,24H,1,8-11,14H2,2H3. The predicted octanol–water partition coefficient (Wildman–Crippen LogP) is 2.68. The summed E-state index contributed by atoms with van der Waals surface area (Å²) in [6.45, 7) is 5.63. The zero-order valence-corrected chi connectivity index (χ0v) is 17.0. The van der Waals surface area contributed by atoms with E-state index in [-0.39, 0.29) is 18.4 Å². The Morgan fingerprint density at radius 2 is 1.86 bits per heavy atom. The number of hydrogen-bond acceptors (Lipinski definition) is 5. The molecule has 7 nitrogen and oxygen atoms in total. The van der Waals surface area contributed by atoms with Crippen LogP contribution in [0.2, 0.25) is 5.02 Å². The van der Waals surface area contributed by atoms with E-state index in [0.717, 1.165) is 11.1 Å². The van der Waals surface area contributed by atoms with Gasteiger partial charge in [-0.15, -0.1) is 0 Å². The lowest BCUT2D eigenvalue weighted by atomic mass is 10.1. The molecule has 3 rings (SSSR count). The van der Waals surface area contributed by atoms with Gasteiger partial charge in [-0.05, 0) is 29.8 Å². The molecule has 0 bridgehead atoms. The molecular formula is C21H23ClN4O3. The second-order valence-electron chi connectivity index (χ2n) is 6.53. The van der Waals surface area contributed by atoms with Crippen molar-refractivity contribution in [2.45, 2.75) is 0 Å². The molecule has 1 aromatic heterocycles. The molecule has 0 unspecified atom stereocenters. The number of carbonyl (C=O) groups is 2. The number of methoxy groups -OCH3 is 1. The van der Waals surface area contributed by atoms with Crippen LogP contribution < -0.4 is 10.1 Å². The average molecular weight is 415 g/mol. The van der Waals surface area contributed by atoms with Gasteiger partial charge in [-0.25, -0.2) is 0 Å². The summed E-state index contributed by atoms with van der Waals surface area (Å²) in [6, 6.07) is 7.33. The van der Waals surface area contributed by atoms with E-state index in [2.05, 4.69) is 16.9 Å². The Bertz CT molecular complexity index is 896. The molecule has 29 heavy (non-hydrogen) atoms. The van der Waals surface area contributed by atoms with Crippen molar-refractivity contribution in [1.82, 2.24) is 14.8 Å². The van der Waals surface area contributed by atoms with Gasteiger partial charge in [0.15, 0.2) is 0 Å². The van der Waals surface area contributed by atoms with Crippen LogP contribution in [-0.4, -0.2) is 66.4 Å². The van der Waals surface area contributed by atoms with Crippen molar-refractivity contribution >= 4 is 29.1 Å². The van der Waals surface area contributed by atoms with Crippen LogP contribution in [0.4, 0.5) is 5.69 Å². The smallest absolute Gasteiger partial charge is 0.246 e. The van der Waals surface area contributed by atoms with Crippen molar-refractivity contribution in [3.8, 4) is 16.9 Å². The molecule has 0 radical (unpaired) electrons. The van der Waals surface area contributed by atoms with Gasteiger partial charge in [0.2, 0.25) is 11.8 Å². The molecule has 2 amide bonds. The Kier molecular flexibility index (Phi) is 6.72. The van der Waals surface area contributed by atoms with E-state index in [1.807, 2.05) is 18.2 Å². The Labute approximate surface area is 174 Å². The van der Waals surface area contributed by atoms with Crippen molar-refractivity contribution in [3.63, 3.8) is 0 Å². The topological polar surface area (TPSA) is 74.8 Å². The number of benzene rings is 1. The van der Waals surface area contributed by atoms with Crippen LogP contribution in [0.5, 0.6) is 5.75 Å². The molecule has 1 aliphatic rings. The molecule has 1 saturated heterocycles. The van der Waals surface area contributed by atoms with Gasteiger partial charge < -0.3 is 19.9 Å². The largest absolute Gasteiger partial charge is 0.495 e. The third-order valence-corrected chi connectivity index (χ3v) is 5.14. The molecule has 0 aliphatic carbocycles. The highest BCUT2D eigenvalue weighted by Crippen LogP contribution is 2.36. The molecule has 0 saturated carbocycles.